The molecule has 0 aliphatic heterocycles. The Balaban J connectivity index is 3.62. The van der Waals surface area contributed by atoms with Crippen molar-refractivity contribution >= 4 is 5.97 Å². The summed E-state index contributed by atoms with van der Waals surface area (Å²) in [6.45, 7) is 10.2. The molecule has 2 heteroatoms. The van der Waals surface area contributed by atoms with Crippen molar-refractivity contribution in [3.63, 3.8) is 0 Å². The zero-order chi connectivity index (χ0) is 11.7. The van der Waals surface area contributed by atoms with Gasteiger partial charge in [0.15, 0.2) is 0 Å². The van der Waals surface area contributed by atoms with Crippen LogP contribution >= 0.6 is 0 Å². The van der Waals surface area contributed by atoms with Crippen LogP contribution in [-0.4, -0.2) is 12.6 Å². The molecule has 2 nitrogen and oxygen atoms in total. The molecular weight excluding hydrogens is 188 g/mol. The minimum absolute atomic E-state index is 0.264. The Hall–Kier alpha value is -0.790. The SMILES string of the molecule is C=C(C)C(=O)OCCC(CC)CCCC. The van der Waals surface area contributed by atoms with Gasteiger partial charge in [0.2, 0.25) is 0 Å². The van der Waals surface area contributed by atoms with Crippen LogP contribution in [0.5, 0.6) is 0 Å². The number of carbonyl (C=O) groups is 1. The van der Waals surface area contributed by atoms with E-state index in [0.29, 0.717) is 18.1 Å². The van der Waals surface area contributed by atoms with Gasteiger partial charge in [-0.05, 0) is 19.3 Å². The molecular formula is C13H24O2. The van der Waals surface area contributed by atoms with E-state index in [0.717, 1.165) is 6.42 Å². The molecule has 1 atom stereocenters. The summed E-state index contributed by atoms with van der Waals surface area (Å²) >= 11 is 0. The van der Waals surface area contributed by atoms with Crippen molar-refractivity contribution in [3.8, 4) is 0 Å². The predicted octanol–water partition coefficient (Wildman–Crippen LogP) is 3.71. The van der Waals surface area contributed by atoms with E-state index in [1.807, 2.05) is 0 Å². The fourth-order valence-corrected chi connectivity index (χ4v) is 1.49. The van der Waals surface area contributed by atoms with Gasteiger partial charge in [-0.25, -0.2) is 4.79 Å². The van der Waals surface area contributed by atoms with Crippen LogP contribution in [0.25, 0.3) is 0 Å². The maximum absolute atomic E-state index is 11.1. The van der Waals surface area contributed by atoms with Crippen molar-refractivity contribution in [2.24, 2.45) is 5.92 Å². The van der Waals surface area contributed by atoms with Gasteiger partial charge >= 0.3 is 5.97 Å². The van der Waals surface area contributed by atoms with Gasteiger partial charge in [0.05, 0.1) is 6.61 Å². The Morgan fingerprint density at radius 2 is 2.00 bits per heavy atom. The Labute approximate surface area is 93.7 Å². The van der Waals surface area contributed by atoms with E-state index in [1.165, 1.54) is 25.7 Å². The third kappa shape index (κ3) is 7.18. The molecule has 15 heavy (non-hydrogen) atoms. The van der Waals surface area contributed by atoms with Gasteiger partial charge in [-0.1, -0.05) is 46.1 Å². The smallest absolute Gasteiger partial charge is 0.333 e. The standard InChI is InChI=1S/C13H24O2/c1-5-7-8-12(6-2)9-10-15-13(14)11(3)4/h12H,3,5-10H2,1-2,4H3. The Bertz CT molecular complexity index is 197. The van der Waals surface area contributed by atoms with Crippen LogP contribution in [0.3, 0.4) is 0 Å². The van der Waals surface area contributed by atoms with Gasteiger partial charge < -0.3 is 4.74 Å². The van der Waals surface area contributed by atoms with Crippen LogP contribution < -0.4 is 0 Å². The number of carbonyl (C=O) groups excluding carboxylic acids is 1. The highest BCUT2D eigenvalue weighted by molar-refractivity contribution is 5.86. The van der Waals surface area contributed by atoms with Crippen LogP contribution in [0.2, 0.25) is 0 Å². The highest BCUT2D eigenvalue weighted by Gasteiger charge is 2.08. The summed E-state index contributed by atoms with van der Waals surface area (Å²) < 4.78 is 5.08. The molecule has 0 aromatic rings. The summed E-state index contributed by atoms with van der Waals surface area (Å²) in [5, 5.41) is 0. The first-order chi connectivity index (χ1) is 7.11. The lowest BCUT2D eigenvalue weighted by Crippen LogP contribution is -2.10. The first-order valence-corrected chi connectivity index (χ1v) is 5.94. The molecule has 0 heterocycles. The number of unbranched alkanes of at least 4 members (excludes halogenated alkanes) is 1. The van der Waals surface area contributed by atoms with Crippen LogP contribution in [-0.2, 0) is 9.53 Å². The van der Waals surface area contributed by atoms with Crippen molar-refractivity contribution in [3.05, 3.63) is 12.2 Å². The molecule has 0 aliphatic carbocycles. The highest BCUT2D eigenvalue weighted by atomic mass is 16.5. The third-order valence-electron chi connectivity index (χ3n) is 2.65. The lowest BCUT2D eigenvalue weighted by atomic mass is 9.96. The summed E-state index contributed by atoms with van der Waals surface area (Å²) in [6.07, 6.45) is 5.91. The molecule has 1 unspecified atom stereocenters. The number of hydrogen-bond donors (Lipinski definition) is 0. The second kappa shape index (κ2) is 8.51. The van der Waals surface area contributed by atoms with Gasteiger partial charge in [-0.2, -0.15) is 0 Å². The number of rotatable bonds is 8. The summed E-state index contributed by atoms with van der Waals surface area (Å²) in [5.41, 5.74) is 0.483. The van der Waals surface area contributed by atoms with Crippen LogP contribution in [0, 0.1) is 5.92 Å². The van der Waals surface area contributed by atoms with Gasteiger partial charge in [-0.3, -0.25) is 0 Å². The van der Waals surface area contributed by atoms with E-state index in [4.69, 9.17) is 4.74 Å². The highest BCUT2D eigenvalue weighted by Crippen LogP contribution is 2.16. The summed E-state index contributed by atoms with van der Waals surface area (Å²) in [6, 6.07) is 0. The molecule has 0 bridgehead atoms. The van der Waals surface area contributed by atoms with Crippen molar-refractivity contribution in [1.29, 1.82) is 0 Å². The minimum Gasteiger partial charge on any atom is -0.462 e. The van der Waals surface area contributed by atoms with E-state index < -0.39 is 0 Å². The molecule has 0 fully saturated rings. The zero-order valence-corrected chi connectivity index (χ0v) is 10.3. The number of ether oxygens (including phenoxy) is 1. The summed E-state index contributed by atoms with van der Waals surface area (Å²) in [4.78, 5) is 11.1. The molecule has 0 radical (unpaired) electrons. The average Bonchev–Trinajstić information content (AvgIpc) is 2.22. The van der Waals surface area contributed by atoms with E-state index in [1.54, 1.807) is 6.92 Å². The zero-order valence-electron chi connectivity index (χ0n) is 10.3. The van der Waals surface area contributed by atoms with Crippen molar-refractivity contribution < 1.29 is 9.53 Å². The summed E-state index contributed by atoms with van der Waals surface area (Å²) in [5.74, 6) is 0.434. The quantitative estimate of drug-likeness (QED) is 0.453. The van der Waals surface area contributed by atoms with Gasteiger partial charge in [0, 0.05) is 5.57 Å². The average molecular weight is 212 g/mol. The van der Waals surface area contributed by atoms with Gasteiger partial charge in [0.1, 0.15) is 0 Å². The maximum Gasteiger partial charge on any atom is 0.333 e. The van der Waals surface area contributed by atoms with Gasteiger partial charge in [-0.15, -0.1) is 0 Å². The second-order valence-electron chi connectivity index (χ2n) is 4.12. The summed E-state index contributed by atoms with van der Waals surface area (Å²) in [7, 11) is 0. The topological polar surface area (TPSA) is 26.3 Å². The lowest BCUT2D eigenvalue weighted by molar-refractivity contribution is -0.139. The molecule has 0 saturated heterocycles. The maximum atomic E-state index is 11.1. The molecule has 0 spiro atoms. The molecule has 0 amide bonds. The van der Waals surface area contributed by atoms with Crippen molar-refractivity contribution in [1.82, 2.24) is 0 Å². The monoisotopic (exact) mass is 212 g/mol. The molecule has 0 saturated carbocycles. The molecule has 0 aliphatic rings. The molecule has 0 aromatic heterocycles. The van der Waals surface area contributed by atoms with Crippen LogP contribution in [0.1, 0.15) is 52.9 Å². The lowest BCUT2D eigenvalue weighted by Gasteiger charge is -2.14. The molecule has 0 N–H and O–H groups in total. The van der Waals surface area contributed by atoms with Crippen LogP contribution in [0.4, 0.5) is 0 Å². The molecule has 0 rings (SSSR count). The van der Waals surface area contributed by atoms with E-state index in [-0.39, 0.29) is 5.97 Å². The Morgan fingerprint density at radius 3 is 2.47 bits per heavy atom. The number of hydrogen-bond acceptors (Lipinski definition) is 2. The number of esters is 1. The first-order valence-electron chi connectivity index (χ1n) is 5.94. The van der Waals surface area contributed by atoms with Crippen molar-refractivity contribution in [2.45, 2.75) is 52.9 Å². The minimum atomic E-state index is -0.264. The van der Waals surface area contributed by atoms with Crippen LogP contribution in [0.15, 0.2) is 12.2 Å². The van der Waals surface area contributed by atoms with E-state index in [9.17, 15) is 4.79 Å². The molecule has 88 valence electrons. The Morgan fingerprint density at radius 1 is 1.33 bits per heavy atom. The second-order valence-corrected chi connectivity index (χ2v) is 4.12. The fraction of sp³-hybridized carbons (Fsp3) is 0.769. The Kier molecular flexibility index (Phi) is 8.06. The van der Waals surface area contributed by atoms with E-state index in [2.05, 4.69) is 20.4 Å². The third-order valence-corrected chi connectivity index (χ3v) is 2.65. The van der Waals surface area contributed by atoms with E-state index >= 15 is 0 Å². The predicted molar refractivity (Wildman–Crippen MR) is 63.7 cm³/mol. The fourth-order valence-electron chi connectivity index (χ4n) is 1.49. The molecule has 0 aromatic carbocycles. The first kappa shape index (κ1) is 14.2. The van der Waals surface area contributed by atoms with Crippen molar-refractivity contribution in [2.75, 3.05) is 6.61 Å². The van der Waals surface area contributed by atoms with Gasteiger partial charge in [0.25, 0.3) is 0 Å². The normalized spacial score (nSPS) is 12.2. The largest absolute Gasteiger partial charge is 0.462 e.